The fraction of sp³-hybridized carbons (Fsp3) is 0.250. The van der Waals surface area contributed by atoms with E-state index >= 15 is 0 Å². The van der Waals surface area contributed by atoms with Gasteiger partial charge in [0.15, 0.2) is 0 Å². The number of hydrogen-bond donors (Lipinski definition) is 1. The second-order valence-electron chi connectivity index (χ2n) is 4.76. The van der Waals surface area contributed by atoms with E-state index < -0.39 is 17.8 Å². The molecular weight excluding hydrogens is 281 g/mol. The van der Waals surface area contributed by atoms with E-state index in [0.29, 0.717) is 5.75 Å². The summed E-state index contributed by atoms with van der Waals surface area (Å²) in [6.45, 7) is 1.83. The lowest BCUT2D eigenvalue weighted by Crippen LogP contribution is -2.12. The Labute approximate surface area is 120 Å². The van der Waals surface area contributed by atoms with Crippen molar-refractivity contribution in [2.45, 2.75) is 19.2 Å². The summed E-state index contributed by atoms with van der Waals surface area (Å²) in [4.78, 5) is 0. The largest absolute Gasteiger partial charge is 0.491 e. The van der Waals surface area contributed by atoms with Crippen molar-refractivity contribution in [1.29, 1.82) is 0 Å². The lowest BCUT2D eigenvalue weighted by atomic mass is 10.1. The van der Waals surface area contributed by atoms with Gasteiger partial charge in [-0.05, 0) is 36.8 Å². The minimum atomic E-state index is -4.42. The van der Waals surface area contributed by atoms with Gasteiger partial charge in [-0.15, -0.1) is 0 Å². The molecule has 5 heteroatoms. The zero-order chi connectivity index (χ0) is 15.5. The fourth-order valence-corrected chi connectivity index (χ4v) is 1.83. The Bertz CT molecular complexity index is 591. The summed E-state index contributed by atoms with van der Waals surface area (Å²) >= 11 is 0. The van der Waals surface area contributed by atoms with E-state index in [2.05, 4.69) is 0 Å². The number of aryl methyl sites for hydroxylation is 1. The lowest BCUT2D eigenvalue weighted by Gasteiger charge is -2.14. The van der Waals surface area contributed by atoms with Crippen molar-refractivity contribution in [3.63, 3.8) is 0 Å². The van der Waals surface area contributed by atoms with Gasteiger partial charge in [0.25, 0.3) is 0 Å². The van der Waals surface area contributed by atoms with Gasteiger partial charge in [0, 0.05) is 0 Å². The third kappa shape index (κ3) is 4.23. The van der Waals surface area contributed by atoms with Crippen LogP contribution in [0.15, 0.2) is 48.5 Å². The highest BCUT2D eigenvalue weighted by Crippen LogP contribution is 2.30. The van der Waals surface area contributed by atoms with Crippen molar-refractivity contribution >= 4 is 0 Å². The molecule has 2 nitrogen and oxygen atoms in total. The SMILES string of the molecule is Cc1ccc(OCC(O)c2cccc(C(F)(F)F)c2)cc1. The maximum absolute atomic E-state index is 12.6. The van der Waals surface area contributed by atoms with Gasteiger partial charge in [-0.3, -0.25) is 0 Å². The number of aliphatic hydroxyl groups excluding tert-OH is 1. The minimum absolute atomic E-state index is 0.107. The minimum Gasteiger partial charge on any atom is -0.491 e. The molecule has 0 aromatic heterocycles. The van der Waals surface area contributed by atoms with Gasteiger partial charge in [0.2, 0.25) is 0 Å². The van der Waals surface area contributed by atoms with E-state index in [-0.39, 0.29) is 12.2 Å². The molecule has 0 aliphatic carbocycles. The van der Waals surface area contributed by atoms with Crippen LogP contribution in [0.4, 0.5) is 13.2 Å². The van der Waals surface area contributed by atoms with Crippen LogP contribution in [-0.4, -0.2) is 11.7 Å². The van der Waals surface area contributed by atoms with Crippen molar-refractivity contribution in [3.8, 4) is 5.75 Å². The summed E-state index contributed by atoms with van der Waals surface area (Å²) in [6, 6.07) is 11.8. The van der Waals surface area contributed by atoms with Gasteiger partial charge < -0.3 is 9.84 Å². The van der Waals surface area contributed by atoms with Gasteiger partial charge in [0.05, 0.1) is 5.56 Å². The number of rotatable bonds is 4. The van der Waals surface area contributed by atoms with E-state index in [1.165, 1.54) is 12.1 Å². The molecule has 2 aromatic carbocycles. The lowest BCUT2D eigenvalue weighted by molar-refractivity contribution is -0.137. The standard InChI is InChI=1S/C16H15F3O2/c1-11-5-7-14(8-6-11)21-10-15(20)12-3-2-4-13(9-12)16(17,18)19/h2-9,15,20H,10H2,1H3. The highest BCUT2D eigenvalue weighted by molar-refractivity contribution is 5.28. The smallest absolute Gasteiger partial charge is 0.416 e. The van der Waals surface area contributed by atoms with Crippen LogP contribution in [0.2, 0.25) is 0 Å². The zero-order valence-corrected chi connectivity index (χ0v) is 11.4. The summed E-state index contributed by atoms with van der Waals surface area (Å²) < 4.78 is 43.2. The van der Waals surface area contributed by atoms with E-state index in [4.69, 9.17) is 4.74 Å². The molecule has 2 rings (SSSR count). The molecule has 0 radical (unpaired) electrons. The Morgan fingerprint density at radius 3 is 2.38 bits per heavy atom. The average Bonchev–Trinajstić information content (AvgIpc) is 2.45. The first-order chi connectivity index (χ1) is 9.86. The Morgan fingerprint density at radius 2 is 1.76 bits per heavy atom. The quantitative estimate of drug-likeness (QED) is 0.919. The summed E-state index contributed by atoms with van der Waals surface area (Å²) in [5.41, 5.74) is 0.465. The van der Waals surface area contributed by atoms with Crippen LogP contribution in [0.5, 0.6) is 5.75 Å². The van der Waals surface area contributed by atoms with Crippen LogP contribution in [0, 0.1) is 6.92 Å². The van der Waals surface area contributed by atoms with E-state index in [9.17, 15) is 18.3 Å². The first-order valence-corrected chi connectivity index (χ1v) is 6.41. The monoisotopic (exact) mass is 296 g/mol. The number of alkyl halides is 3. The molecule has 1 unspecified atom stereocenters. The molecular formula is C16H15F3O2. The van der Waals surface area contributed by atoms with Crippen molar-refractivity contribution in [2.75, 3.05) is 6.61 Å². The molecule has 0 aliphatic heterocycles. The molecule has 0 fully saturated rings. The Morgan fingerprint density at radius 1 is 1.10 bits per heavy atom. The van der Waals surface area contributed by atoms with Crippen molar-refractivity contribution < 1.29 is 23.0 Å². The molecule has 112 valence electrons. The molecule has 0 heterocycles. The Kier molecular flexibility index (Phi) is 4.53. The van der Waals surface area contributed by atoms with Gasteiger partial charge in [-0.25, -0.2) is 0 Å². The molecule has 2 aromatic rings. The molecule has 1 N–H and O–H groups in total. The zero-order valence-electron chi connectivity index (χ0n) is 11.4. The van der Waals surface area contributed by atoms with Crippen LogP contribution in [-0.2, 0) is 6.18 Å². The number of ether oxygens (including phenoxy) is 1. The molecule has 0 bridgehead atoms. The normalized spacial score (nSPS) is 13.0. The molecule has 0 saturated heterocycles. The van der Waals surface area contributed by atoms with Crippen LogP contribution >= 0.6 is 0 Å². The predicted molar refractivity (Wildman–Crippen MR) is 73.1 cm³/mol. The maximum Gasteiger partial charge on any atom is 0.416 e. The number of aliphatic hydroxyl groups is 1. The predicted octanol–water partition coefficient (Wildman–Crippen LogP) is 4.13. The van der Waals surface area contributed by atoms with Crippen molar-refractivity contribution in [2.24, 2.45) is 0 Å². The first kappa shape index (κ1) is 15.4. The number of benzene rings is 2. The third-order valence-corrected chi connectivity index (χ3v) is 3.03. The highest BCUT2D eigenvalue weighted by atomic mass is 19.4. The van der Waals surface area contributed by atoms with Crippen LogP contribution in [0.25, 0.3) is 0 Å². The van der Waals surface area contributed by atoms with Gasteiger partial charge in [-0.1, -0.05) is 29.8 Å². The Hall–Kier alpha value is -2.01. The second kappa shape index (κ2) is 6.18. The molecule has 0 aliphatic rings. The number of halogens is 3. The molecule has 0 amide bonds. The van der Waals surface area contributed by atoms with Crippen molar-refractivity contribution in [1.82, 2.24) is 0 Å². The van der Waals surface area contributed by atoms with E-state index in [1.807, 2.05) is 19.1 Å². The fourth-order valence-electron chi connectivity index (χ4n) is 1.83. The van der Waals surface area contributed by atoms with Crippen LogP contribution in [0.3, 0.4) is 0 Å². The first-order valence-electron chi connectivity index (χ1n) is 6.41. The second-order valence-corrected chi connectivity index (χ2v) is 4.76. The highest BCUT2D eigenvalue weighted by Gasteiger charge is 2.30. The van der Waals surface area contributed by atoms with Crippen LogP contribution in [0.1, 0.15) is 22.8 Å². The molecule has 21 heavy (non-hydrogen) atoms. The van der Waals surface area contributed by atoms with Gasteiger partial charge >= 0.3 is 6.18 Å². The molecule has 1 atom stereocenters. The molecule has 0 spiro atoms. The summed E-state index contributed by atoms with van der Waals surface area (Å²) in [7, 11) is 0. The van der Waals surface area contributed by atoms with Crippen LogP contribution < -0.4 is 4.74 Å². The summed E-state index contributed by atoms with van der Waals surface area (Å²) in [5, 5.41) is 9.93. The topological polar surface area (TPSA) is 29.5 Å². The van der Waals surface area contributed by atoms with Gasteiger partial charge in [0.1, 0.15) is 18.5 Å². The van der Waals surface area contributed by atoms with Gasteiger partial charge in [-0.2, -0.15) is 13.2 Å². The number of hydrogen-bond acceptors (Lipinski definition) is 2. The maximum atomic E-state index is 12.6. The van der Waals surface area contributed by atoms with Crippen molar-refractivity contribution in [3.05, 3.63) is 65.2 Å². The average molecular weight is 296 g/mol. The van der Waals surface area contributed by atoms with E-state index in [1.54, 1.807) is 12.1 Å². The van der Waals surface area contributed by atoms with E-state index in [0.717, 1.165) is 17.7 Å². The Balaban J connectivity index is 2.03. The summed E-state index contributed by atoms with van der Waals surface area (Å²) in [6.07, 6.45) is -5.54. The molecule has 0 saturated carbocycles. The summed E-state index contributed by atoms with van der Waals surface area (Å²) in [5.74, 6) is 0.562. The third-order valence-electron chi connectivity index (χ3n) is 3.03.